The highest BCUT2D eigenvalue weighted by Gasteiger charge is 1.96. The molecule has 0 spiro atoms. The van der Waals surface area contributed by atoms with Crippen molar-refractivity contribution in [3.8, 4) is 0 Å². The van der Waals surface area contributed by atoms with Gasteiger partial charge in [0.1, 0.15) is 0 Å². The van der Waals surface area contributed by atoms with Crippen molar-refractivity contribution in [1.82, 2.24) is 10.3 Å². The van der Waals surface area contributed by atoms with Crippen LogP contribution >= 0.6 is 15.9 Å². The van der Waals surface area contributed by atoms with Crippen LogP contribution in [-0.2, 0) is 6.42 Å². The van der Waals surface area contributed by atoms with Crippen molar-refractivity contribution < 1.29 is 0 Å². The molecule has 0 saturated carbocycles. The van der Waals surface area contributed by atoms with Gasteiger partial charge in [0.25, 0.3) is 0 Å². The maximum Gasteiger partial charge on any atom is 0.0444 e. The second-order valence-electron chi connectivity index (χ2n) is 3.84. The first kappa shape index (κ1) is 13.4. The molecule has 0 aliphatic heterocycles. The van der Waals surface area contributed by atoms with Gasteiger partial charge in [-0.1, -0.05) is 18.6 Å². The van der Waals surface area contributed by atoms with Gasteiger partial charge in [-0.05, 0) is 54.5 Å². The third kappa shape index (κ3) is 5.42. The third-order valence-electron chi connectivity index (χ3n) is 2.31. The van der Waals surface area contributed by atoms with Gasteiger partial charge in [-0.3, -0.25) is 4.98 Å². The molecule has 1 aromatic heterocycles. The highest BCUT2D eigenvalue weighted by molar-refractivity contribution is 9.10. The maximum absolute atomic E-state index is 4.36. The fraction of sp³-hybridized carbons (Fsp3) is 0.462. The number of halogens is 1. The molecule has 1 rings (SSSR count). The van der Waals surface area contributed by atoms with Gasteiger partial charge in [0.15, 0.2) is 0 Å². The van der Waals surface area contributed by atoms with Crippen LogP contribution in [0.2, 0.25) is 0 Å². The Labute approximate surface area is 106 Å². The van der Waals surface area contributed by atoms with E-state index >= 15 is 0 Å². The van der Waals surface area contributed by atoms with Crippen molar-refractivity contribution >= 4 is 15.9 Å². The van der Waals surface area contributed by atoms with Crippen LogP contribution in [0.4, 0.5) is 0 Å². The normalized spacial score (nSPS) is 11.8. The van der Waals surface area contributed by atoms with E-state index in [4.69, 9.17) is 0 Å². The summed E-state index contributed by atoms with van der Waals surface area (Å²) in [7, 11) is 0. The van der Waals surface area contributed by atoms with E-state index in [1.165, 1.54) is 5.57 Å². The lowest BCUT2D eigenvalue weighted by molar-refractivity contribution is 0.724. The van der Waals surface area contributed by atoms with E-state index in [9.17, 15) is 0 Å². The fourth-order valence-electron chi connectivity index (χ4n) is 1.47. The van der Waals surface area contributed by atoms with Crippen LogP contribution in [0.3, 0.4) is 0 Å². The fourth-order valence-corrected chi connectivity index (χ4v) is 1.70. The minimum atomic E-state index is 0.944. The van der Waals surface area contributed by atoms with Gasteiger partial charge in [-0.2, -0.15) is 0 Å². The number of hydrogen-bond donors (Lipinski definition) is 1. The van der Waals surface area contributed by atoms with E-state index in [0.29, 0.717) is 0 Å². The molecule has 16 heavy (non-hydrogen) atoms. The lowest BCUT2D eigenvalue weighted by Gasteiger charge is -2.02. The zero-order valence-corrected chi connectivity index (χ0v) is 11.5. The van der Waals surface area contributed by atoms with Crippen molar-refractivity contribution in [1.29, 1.82) is 0 Å². The first-order valence-electron chi connectivity index (χ1n) is 5.69. The Bertz CT molecular complexity index is 330. The molecule has 0 radical (unpaired) electrons. The summed E-state index contributed by atoms with van der Waals surface area (Å²) in [6.07, 6.45) is 6.17. The molecule has 0 atom stereocenters. The summed E-state index contributed by atoms with van der Waals surface area (Å²) in [6.45, 7) is 6.39. The largest absolute Gasteiger partial charge is 0.317 e. The monoisotopic (exact) mass is 282 g/mol. The van der Waals surface area contributed by atoms with Crippen molar-refractivity contribution in [3.05, 3.63) is 40.1 Å². The van der Waals surface area contributed by atoms with Crippen molar-refractivity contribution in [2.75, 3.05) is 13.1 Å². The van der Waals surface area contributed by atoms with E-state index in [2.05, 4.69) is 52.2 Å². The van der Waals surface area contributed by atoms with E-state index in [-0.39, 0.29) is 0 Å². The Kier molecular flexibility index (Phi) is 6.34. The van der Waals surface area contributed by atoms with Crippen LogP contribution in [0, 0.1) is 0 Å². The molecule has 0 unspecified atom stereocenters. The highest BCUT2D eigenvalue weighted by atomic mass is 79.9. The molecule has 88 valence electrons. The van der Waals surface area contributed by atoms with Crippen LogP contribution in [-0.4, -0.2) is 18.1 Å². The van der Waals surface area contributed by atoms with Crippen molar-refractivity contribution in [2.45, 2.75) is 26.7 Å². The van der Waals surface area contributed by atoms with Crippen molar-refractivity contribution in [3.63, 3.8) is 0 Å². The predicted octanol–water partition coefficient (Wildman–Crippen LogP) is 3.33. The molecule has 1 aromatic rings. The number of rotatable bonds is 6. The van der Waals surface area contributed by atoms with Gasteiger partial charge in [0.2, 0.25) is 0 Å². The Morgan fingerprint density at radius 2 is 2.31 bits per heavy atom. The SMILES string of the molecule is CCNCC/C=C(/C)Cc1ccc(Br)cn1. The second kappa shape index (κ2) is 7.58. The summed E-state index contributed by atoms with van der Waals surface area (Å²) in [5, 5.41) is 3.31. The third-order valence-corrected chi connectivity index (χ3v) is 2.78. The first-order chi connectivity index (χ1) is 7.72. The minimum absolute atomic E-state index is 0.944. The zero-order valence-electron chi connectivity index (χ0n) is 9.96. The van der Waals surface area contributed by atoms with E-state index in [0.717, 1.165) is 36.1 Å². The van der Waals surface area contributed by atoms with Gasteiger partial charge in [0, 0.05) is 22.8 Å². The molecule has 3 heteroatoms. The lowest BCUT2D eigenvalue weighted by atomic mass is 10.1. The molecule has 2 nitrogen and oxygen atoms in total. The first-order valence-corrected chi connectivity index (χ1v) is 6.48. The Hall–Kier alpha value is -0.670. The molecule has 0 aliphatic carbocycles. The number of allylic oxidation sites excluding steroid dienone is 1. The number of aromatic nitrogens is 1. The zero-order chi connectivity index (χ0) is 11.8. The predicted molar refractivity (Wildman–Crippen MR) is 72.6 cm³/mol. The van der Waals surface area contributed by atoms with Gasteiger partial charge >= 0.3 is 0 Å². The van der Waals surface area contributed by atoms with Gasteiger partial charge in [-0.25, -0.2) is 0 Å². The summed E-state index contributed by atoms with van der Waals surface area (Å²) < 4.78 is 1.03. The summed E-state index contributed by atoms with van der Waals surface area (Å²) in [5.41, 5.74) is 2.51. The number of pyridine rings is 1. The van der Waals surface area contributed by atoms with Gasteiger partial charge < -0.3 is 5.32 Å². The average Bonchev–Trinajstić information content (AvgIpc) is 2.28. The number of nitrogens with one attached hydrogen (secondary N) is 1. The van der Waals surface area contributed by atoms with E-state index in [1.807, 2.05) is 12.3 Å². The number of nitrogens with zero attached hydrogens (tertiary/aromatic N) is 1. The highest BCUT2D eigenvalue weighted by Crippen LogP contribution is 2.10. The molecule has 1 N–H and O–H groups in total. The molecule has 0 saturated heterocycles. The molecule has 0 fully saturated rings. The molecule has 0 aliphatic rings. The smallest absolute Gasteiger partial charge is 0.0444 e. The molecular weight excluding hydrogens is 264 g/mol. The summed E-state index contributed by atoms with van der Waals surface area (Å²) in [6, 6.07) is 4.10. The maximum atomic E-state index is 4.36. The Morgan fingerprint density at radius 1 is 1.50 bits per heavy atom. The van der Waals surface area contributed by atoms with Crippen LogP contribution in [0.15, 0.2) is 34.5 Å². The quantitative estimate of drug-likeness (QED) is 0.640. The molecular formula is C13H19BrN2. The second-order valence-corrected chi connectivity index (χ2v) is 4.75. The van der Waals surface area contributed by atoms with Crippen LogP contribution in [0.1, 0.15) is 26.0 Å². The molecule has 0 bridgehead atoms. The summed E-state index contributed by atoms with van der Waals surface area (Å²) >= 11 is 3.39. The Balaban J connectivity index is 2.38. The standard InChI is InChI=1S/C13H19BrN2/c1-3-15-8-4-5-11(2)9-13-7-6-12(14)10-16-13/h5-7,10,15H,3-4,8-9H2,1-2H3/b11-5-. The summed E-state index contributed by atoms with van der Waals surface area (Å²) in [4.78, 5) is 4.36. The molecule has 0 amide bonds. The van der Waals surface area contributed by atoms with E-state index < -0.39 is 0 Å². The van der Waals surface area contributed by atoms with Crippen LogP contribution < -0.4 is 5.32 Å². The van der Waals surface area contributed by atoms with E-state index in [1.54, 1.807) is 0 Å². The number of hydrogen-bond acceptors (Lipinski definition) is 2. The average molecular weight is 283 g/mol. The molecule has 0 aromatic carbocycles. The van der Waals surface area contributed by atoms with Gasteiger partial charge in [-0.15, -0.1) is 0 Å². The van der Waals surface area contributed by atoms with Crippen LogP contribution in [0.5, 0.6) is 0 Å². The lowest BCUT2D eigenvalue weighted by Crippen LogP contribution is -2.13. The van der Waals surface area contributed by atoms with Gasteiger partial charge in [0.05, 0.1) is 0 Å². The Morgan fingerprint density at radius 3 is 2.94 bits per heavy atom. The summed E-state index contributed by atoms with van der Waals surface area (Å²) in [5.74, 6) is 0. The molecule has 1 heterocycles. The minimum Gasteiger partial charge on any atom is -0.317 e. The van der Waals surface area contributed by atoms with Crippen molar-refractivity contribution in [2.24, 2.45) is 0 Å². The topological polar surface area (TPSA) is 24.9 Å². The van der Waals surface area contributed by atoms with Crippen LogP contribution in [0.25, 0.3) is 0 Å².